The van der Waals surface area contributed by atoms with Crippen molar-refractivity contribution in [2.75, 3.05) is 23.5 Å². The first kappa shape index (κ1) is 29.0. The van der Waals surface area contributed by atoms with E-state index in [9.17, 15) is 31.2 Å². The topological polar surface area (TPSA) is 162 Å². The molecule has 0 aliphatic heterocycles. The predicted octanol–water partition coefficient (Wildman–Crippen LogP) is 3.55. The van der Waals surface area contributed by atoms with Gasteiger partial charge in [-0.2, -0.15) is 4.98 Å². The van der Waals surface area contributed by atoms with E-state index in [-0.39, 0.29) is 45.3 Å². The number of nitrogens with zero attached hydrogens (tertiary/aromatic N) is 2. The minimum atomic E-state index is -3.87. The van der Waals surface area contributed by atoms with E-state index < -0.39 is 38.7 Å². The first-order valence-electron chi connectivity index (χ1n) is 13.3. The van der Waals surface area contributed by atoms with Crippen LogP contribution in [0.3, 0.4) is 0 Å². The highest BCUT2D eigenvalue weighted by Gasteiger charge is 2.57. The summed E-state index contributed by atoms with van der Waals surface area (Å²) in [7, 11) is -2.45. The number of pyridine rings is 1. The van der Waals surface area contributed by atoms with E-state index in [0.717, 1.165) is 25.5 Å². The number of carbonyl (C=O) groups excluding carboxylic acids is 2. The van der Waals surface area contributed by atoms with Crippen molar-refractivity contribution >= 4 is 49.8 Å². The second kappa shape index (κ2) is 10.5. The van der Waals surface area contributed by atoms with E-state index in [0.29, 0.717) is 26.9 Å². The molecular formula is C29H26FN4O7S2-. The lowest BCUT2D eigenvalue weighted by molar-refractivity contribution is -0.0438. The quantitative estimate of drug-likeness (QED) is 0.267. The Kier molecular flexibility index (Phi) is 7.10. The zero-order chi connectivity index (χ0) is 30.7. The predicted molar refractivity (Wildman–Crippen MR) is 157 cm³/mol. The average molecular weight is 626 g/mol. The number of rotatable bonds is 9. The lowest BCUT2D eigenvalue weighted by Gasteiger charge is -2.61. The summed E-state index contributed by atoms with van der Waals surface area (Å²) in [5.41, 5.74) is 0.886. The molecule has 2 N–H and O–H groups in total. The van der Waals surface area contributed by atoms with Crippen molar-refractivity contribution in [1.82, 2.24) is 15.6 Å². The van der Waals surface area contributed by atoms with Crippen LogP contribution in [0.4, 0.5) is 10.2 Å². The maximum Gasteiger partial charge on any atom is 0.255 e. The SMILES string of the molecule is CNC(=O)c1c(-c2ccc(F)cc2)oc2nc(N(CS(C)(=O)=O)S(=O)[O-])c(-c3cccc(C(=O)NC45CC(C4)C5)c3)cc12. The third kappa shape index (κ3) is 5.41. The van der Waals surface area contributed by atoms with Crippen molar-refractivity contribution in [2.45, 2.75) is 24.8 Å². The van der Waals surface area contributed by atoms with Crippen molar-refractivity contribution in [3.63, 3.8) is 0 Å². The molecule has 0 radical (unpaired) electrons. The highest BCUT2D eigenvalue weighted by Crippen LogP contribution is 2.57. The average Bonchev–Trinajstić information content (AvgIpc) is 3.30. The number of amides is 2. The molecule has 3 aliphatic rings. The Labute approximate surface area is 248 Å². The molecule has 3 saturated carbocycles. The second-order valence-corrected chi connectivity index (χ2v) is 14.0. The van der Waals surface area contributed by atoms with Gasteiger partial charge >= 0.3 is 0 Å². The minimum absolute atomic E-state index is 0.0505. The fourth-order valence-corrected chi connectivity index (χ4v) is 7.48. The molecule has 2 heterocycles. The Morgan fingerprint density at radius 3 is 2.40 bits per heavy atom. The van der Waals surface area contributed by atoms with Gasteiger partial charge in [0.1, 0.15) is 17.5 Å². The number of fused-ring (bicyclic) bond motifs is 1. The van der Waals surface area contributed by atoms with Crippen LogP contribution in [-0.4, -0.2) is 58.7 Å². The highest BCUT2D eigenvalue weighted by atomic mass is 32.2. The van der Waals surface area contributed by atoms with Gasteiger partial charge in [0.05, 0.1) is 10.9 Å². The van der Waals surface area contributed by atoms with E-state index in [2.05, 4.69) is 15.6 Å². The van der Waals surface area contributed by atoms with E-state index in [1.165, 1.54) is 37.4 Å². The summed E-state index contributed by atoms with van der Waals surface area (Å²) in [6, 6.07) is 13.1. The van der Waals surface area contributed by atoms with Gasteiger partial charge < -0.3 is 19.6 Å². The molecule has 0 saturated heterocycles. The van der Waals surface area contributed by atoms with E-state index in [4.69, 9.17) is 4.42 Å². The molecule has 2 aromatic heterocycles. The molecular weight excluding hydrogens is 599 g/mol. The van der Waals surface area contributed by atoms with Crippen LogP contribution < -0.4 is 14.9 Å². The second-order valence-electron chi connectivity index (χ2n) is 11.0. The standard InChI is InChI=1S/C29H27FN4O7S2/c1-31-27(36)23-22-11-21(18-4-3-5-19(10-18)26(35)33-29-12-16(13-29)14-29)25(34(42(37)38)15-43(2,39)40)32-28(22)41-24(23)17-6-8-20(30)9-7-17/h3-11,16H,12-15H2,1-2H3,(H,31,36)(H,33,35)(H,37,38)/p-1. The zero-order valence-corrected chi connectivity index (χ0v) is 24.7. The maximum atomic E-state index is 13.7. The van der Waals surface area contributed by atoms with Crippen LogP contribution in [0.15, 0.2) is 59.0 Å². The molecule has 224 valence electrons. The van der Waals surface area contributed by atoms with Gasteiger partial charge in [-0.25, -0.2) is 12.8 Å². The Hall–Kier alpha value is -4.14. The molecule has 2 amide bonds. The molecule has 2 bridgehead atoms. The lowest BCUT2D eigenvalue weighted by atomic mass is 9.50. The number of furan rings is 1. The molecule has 11 nitrogen and oxygen atoms in total. The number of hydrogen-bond donors (Lipinski definition) is 2. The molecule has 1 unspecified atom stereocenters. The molecule has 43 heavy (non-hydrogen) atoms. The van der Waals surface area contributed by atoms with Crippen LogP contribution in [0.2, 0.25) is 0 Å². The third-order valence-corrected chi connectivity index (χ3v) is 9.40. The van der Waals surface area contributed by atoms with Crippen molar-refractivity contribution in [2.24, 2.45) is 5.92 Å². The fourth-order valence-electron chi connectivity index (χ4n) is 5.73. The summed E-state index contributed by atoms with van der Waals surface area (Å²) in [5, 5.41) is 5.83. The molecule has 4 aromatic rings. The van der Waals surface area contributed by atoms with Gasteiger partial charge in [0.2, 0.25) is 5.71 Å². The van der Waals surface area contributed by atoms with Crippen LogP contribution in [0.1, 0.15) is 40.0 Å². The van der Waals surface area contributed by atoms with Gasteiger partial charge in [0, 0.05) is 46.8 Å². The number of anilines is 1. The van der Waals surface area contributed by atoms with Gasteiger partial charge in [0.25, 0.3) is 11.8 Å². The Morgan fingerprint density at radius 1 is 1.12 bits per heavy atom. The van der Waals surface area contributed by atoms with Crippen LogP contribution >= 0.6 is 0 Å². The summed E-state index contributed by atoms with van der Waals surface area (Å²) >= 11 is -3.09. The number of aromatic nitrogens is 1. The maximum absolute atomic E-state index is 13.7. The number of sulfone groups is 1. The van der Waals surface area contributed by atoms with Gasteiger partial charge in [-0.15, -0.1) is 0 Å². The van der Waals surface area contributed by atoms with Gasteiger partial charge in [-0.3, -0.25) is 18.1 Å². The Morgan fingerprint density at radius 2 is 1.81 bits per heavy atom. The third-order valence-electron chi connectivity index (χ3n) is 7.84. The van der Waals surface area contributed by atoms with Crippen molar-refractivity contribution in [3.8, 4) is 22.5 Å². The molecule has 14 heteroatoms. The van der Waals surface area contributed by atoms with E-state index >= 15 is 0 Å². The van der Waals surface area contributed by atoms with Gasteiger partial charge in [0.15, 0.2) is 15.7 Å². The fraction of sp³-hybridized carbons (Fsp3) is 0.276. The molecule has 3 aliphatic carbocycles. The summed E-state index contributed by atoms with van der Waals surface area (Å²) in [6.07, 6.45) is 3.71. The molecule has 0 spiro atoms. The summed E-state index contributed by atoms with van der Waals surface area (Å²) < 4.78 is 69.4. The summed E-state index contributed by atoms with van der Waals surface area (Å²) in [6.45, 7) is 0. The lowest BCUT2D eigenvalue weighted by Crippen LogP contribution is -2.68. The number of nitrogens with one attached hydrogen (secondary N) is 2. The first-order chi connectivity index (χ1) is 20.4. The Bertz CT molecular complexity index is 1910. The summed E-state index contributed by atoms with van der Waals surface area (Å²) in [5.74, 6) is -1.84. The number of halogens is 1. The molecule has 1 atom stereocenters. The molecule has 2 aromatic carbocycles. The highest BCUT2D eigenvalue weighted by molar-refractivity contribution is 7.92. The number of benzene rings is 2. The van der Waals surface area contributed by atoms with Crippen LogP contribution in [0, 0.1) is 11.7 Å². The van der Waals surface area contributed by atoms with Gasteiger partial charge in [-0.05, 0) is 73.2 Å². The normalized spacial score (nSPS) is 19.7. The van der Waals surface area contributed by atoms with E-state index in [1.54, 1.807) is 24.3 Å². The van der Waals surface area contributed by atoms with Crippen LogP contribution in [-0.2, 0) is 21.1 Å². The Balaban J connectivity index is 1.56. The first-order valence-corrected chi connectivity index (χ1v) is 16.4. The zero-order valence-electron chi connectivity index (χ0n) is 23.0. The van der Waals surface area contributed by atoms with Crippen molar-refractivity contribution in [3.05, 3.63) is 71.5 Å². The van der Waals surface area contributed by atoms with Crippen LogP contribution in [0.25, 0.3) is 33.6 Å². The van der Waals surface area contributed by atoms with Crippen LogP contribution in [0.5, 0.6) is 0 Å². The minimum Gasteiger partial charge on any atom is -0.755 e. The monoisotopic (exact) mass is 625 g/mol. The van der Waals surface area contributed by atoms with Crippen molar-refractivity contribution < 1.29 is 35.6 Å². The number of hydrogen-bond acceptors (Lipinski definition) is 8. The largest absolute Gasteiger partial charge is 0.755 e. The summed E-state index contributed by atoms with van der Waals surface area (Å²) in [4.78, 5) is 30.7. The smallest absolute Gasteiger partial charge is 0.255 e. The van der Waals surface area contributed by atoms with Crippen molar-refractivity contribution in [1.29, 1.82) is 0 Å². The number of carbonyl (C=O) groups is 2. The van der Waals surface area contributed by atoms with E-state index in [1.807, 2.05) is 0 Å². The van der Waals surface area contributed by atoms with Gasteiger partial charge in [-0.1, -0.05) is 12.1 Å². The molecule has 3 fully saturated rings. The molecule has 7 rings (SSSR count).